The predicted molar refractivity (Wildman–Crippen MR) is 130 cm³/mol. The van der Waals surface area contributed by atoms with E-state index in [1.54, 1.807) is 0 Å². The van der Waals surface area contributed by atoms with Gasteiger partial charge >= 0.3 is 11.9 Å². The summed E-state index contributed by atoms with van der Waals surface area (Å²) in [6.07, 6.45) is 0. The average Bonchev–Trinajstić information content (AvgIpc) is 2.79. The van der Waals surface area contributed by atoms with Gasteiger partial charge in [0.15, 0.2) is 0 Å². The number of hydrogen-bond donors (Lipinski definition) is 3. The summed E-state index contributed by atoms with van der Waals surface area (Å²) < 4.78 is 54.1. The number of carbonyl (C=O) groups is 3. The molecule has 2 aromatic rings. The SMILES string of the molecule is CC(=O)Nc1ccc(N=Nc2cc(OCCOC(C)=O)c(N)cc2OCCOC(C)=O)c(S(=O)(=O)O)c1. The van der Waals surface area contributed by atoms with Crippen molar-refractivity contribution in [3.05, 3.63) is 30.3 Å². The number of hydrogen-bond acceptors (Lipinski definition) is 12. The van der Waals surface area contributed by atoms with Crippen LogP contribution in [0.3, 0.4) is 0 Å². The molecule has 0 aliphatic heterocycles. The second kappa shape index (κ2) is 13.2. The minimum absolute atomic E-state index is 0.0233. The number of benzene rings is 2. The van der Waals surface area contributed by atoms with Gasteiger partial charge in [-0.3, -0.25) is 18.9 Å². The van der Waals surface area contributed by atoms with Crippen LogP contribution in [0.1, 0.15) is 20.8 Å². The van der Waals surface area contributed by atoms with Crippen molar-refractivity contribution in [1.29, 1.82) is 0 Å². The van der Waals surface area contributed by atoms with Crippen LogP contribution in [-0.4, -0.2) is 57.2 Å². The van der Waals surface area contributed by atoms with E-state index in [0.717, 1.165) is 6.07 Å². The summed E-state index contributed by atoms with van der Waals surface area (Å²) in [5.74, 6) is -1.19. The molecule has 2 rings (SSSR count). The molecular formula is C22H26N4O10S. The predicted octanol–water partition coefficient (Wildman–Crippen LogP) is 2.77. The number of anilines is 2. The number of azo groups is 1. The summed E-state index contributed by atoms with van der Waals surface area (Å²) in [6, 6.07) is 6.34. The summed E-state index contributed by atoms with van der Waals surface area (Å²) in [7, 11) is -4.74. The van der Waals surface area contributed by atoms with Gasteiger partial charge in [0.2, 0.25) is 5.91 Å². The van der Waals surface area contributed by atoms with E-state index in [1.165, 1.54) is 45.0 Å². The maximum atomic E-state index is 11.9. The van der Waals surface area contributed by atoms with E-state index in [0.29, 0.717) is 0 Å². The van der Waals surface area contributed by atoms with Crippen molar-refractivity contribution in [2.75, 3.05) is 37.5 Å². The molecule has 0 saturated carbocycles. The van der Waals surface area contributed by atoms with Crippen LogP contribution in [0, 0.1) is 0 Å². The summed E-state index contributed by atoms with van der Waals surface area (Å²) >= 11 is 0. The third-order valence-electron chi connectivity index (χ3n) is 4.21. The van der Waals surface area contributed by atoms with Gasteiger partial charge in [-0.2, -0.15) is 8.42 Å². The molecule has 2 aromatic carbocycles. The van der Waals surface area contributed by atoms with E-state index >= 15 is 0 Å². The number of ether oxygens (including phenoxy) is 4. The van der Waals surface area contributed by atoms with Gasteiger partial charge in [-0.1, -0.05) is 0 Å². The van der Waals surface area contributed by atoms with Crippen LogP contribution in [0.15, 0.2) is 45.5 Å². The molecule has 0 atom stereocenters. The Kier molecular flexibility index (Phi) is 10.3. The van der Waals surface area contributed by atoms with Crippen molar-refractivity contribution in [2.24, 2.45) is 10.2 Å². The van der Waals surface area contributed by atoms with Crippen LogP contribution in [0.25, 0.3) is 0 Å². The van der Waals surface area contributed by atoms with E-state index in [2.05, 4.69) is 15.5 Å². The monoisotopic (exact) mass is 538 g/mol. The third kappa shape index (κ3) is 9.73. The molecule has 200 valence electrons. The first kappa shape index (κ1) is 29.0. The van der Waals surface area contributed by atoms with Crippen LogP contribution < -0.4 is 20.5 Å². The molecule has 0 heterocycles. The Balaban J connectivity index is 2.41. The zero-order valence-corrected chi connectivity index (χ0v) is 21.0. The summed E-state index contributed by atoms with van der Waals surface area (Å²) in [5.41, 5.74) is 6.08. The molecule has 14 nitrogen and oxygen atoms in total. The number of nitrogens with zero attached hydrogens (tertiary/aromatic N) is 2. The number of carbonyl (C=O) groups excluding carboxylic acids is 3. The number of nitrogens with one attached hydrogen (secondary N) is 1. The molecule has 15 heteroatoms. The Morgan fingerprint density at radius 3 is 1.97 bits per heavy atom. The zero-order valence-electron chi connectivity index (χ0n) is 20.2. The molecule has 0 aromatic heterocycles. The topological polar surface area (TPSA) is 205 Å². The standard InChI is InChI=1S/C22H26N4O10S/c1-13(27)24-16-4-5-18(22(10-16)37(30,31)32)25-26-19-12-20(35-8-6-33-14(2)28)17(23)11-21(19)36-9-7-34-15(3)29/h4-5,10-12H,6-9,23H2,1-3H3,(H,24,27)(H,30,31,32). The van der Waals surface area contributed by atoms with Crippen molar-refractivity contribution in [1.82, 2.24) is 0 Å². The molecule has 1 amide bonds. The Morgan fingerprint density at radius 1 is 0.865 bits per heavy atom. The van der Waals surface area contributed by atoms with Crippen LogP contribution in [0.2, 0.25) is 0 Å². The first-order valence-electron chi connectivity index (χ1n) is 10.6. The maximum absolute atomic E-state index is 11.9. The molecule has 0 unspecified atom stereocenters. The van der Waals surface area contributed by atoms with Crippen LogP contribution in [-0.2, 0) is 34.0 Å². The smallest absolute Gasteiger partial charge is 0.302 e. The molecule has 0 bridgehead atoms. The van der Waals surface area contributed by atoms with Crippen LogP contribution in [0.5, 0.6) is 11.5 Å². The second-order valence-electron chi connectivity index (χ2n) is 7.27. The number of esters is 2. The molecule has 37 heavy (non-hydrogen) atoms. The fraction of sp³-hybridized carbons (Fsp3) is 0.318. The Hall–Kier alpha value is -4.24. The number of nitrogens with two attached hydrogens (primary N) is 1. The van der Waals surface area contributed by atoms with Crippen molar-refractivity contribution in [3.63, 3.8) is 0 Å². The van der Waals surface area contributed by atoms with Gasteiger partial charge in [-0.05, 0) is 18.2 Å². The molecule has 0 aliphatic carbocycles. The van der Waals surface area contributed by atoms with Crippen molar-refractivity contribution >= 4 is 50.7 Å². The van der Waals surface area contributed by atoms with Gasteiger partial charge in [0.05, 0.1) is 5.69 Å². The molecular weight excluding hydrogens is 512 g/mol. The number of nitrogen functional groups attached to an aromatic ring is 1. The minimum Gasteiger partial charge on any atom is -0.488 e. The lowest BCUT2D eigenvalue weighted by molar-refractivity contribution is -0.142. The Morgan fingerprint density at radius 2 is 1.43 bits per heavy atom. The van der Waals surface area contributed by atoms with Crippen molar-refractivity contribution < 1.29 is 46.3 Å². The summed E-state index contributed by atoms with van der Waals surface area (Å²) in [5, 5.41) is 10.3. The second-order valence-corrected chi connectivity index (χ2v) is 8.66. The lowest BCUT2D eigenvalue weighted by Crippen LogP contribution is -2.11. The largest absolute Gasteiger partial charge is 0.488 e. The molecule has 0 saturated heterocycles. The van der Waals surface area contributed by atoms with E-state index in [9.17, 15) is 27.4 Å². The lowest BCUT2D eigenvalue weighted by Gasteiger charge is -2.14. The molecule has 0 aliphatic rings. The lowest BCUT2D eigenvalue weighted by atomic mass is 10.2. The summed E-state index contributed by atoms with van der Waals surface area (Å²) in [4.78, 5) is 32.6. The highest BCUT2D eigenvalue weighted by atomic mass is 32.2. The highest BCUT2D eigenvalue weighted by Gasteiger charge is 2.18. The van der Waals surface area contributed by atoms with Crippen LogP contribution in [0.4, 0.5) is 22.7 Å². The van der Waals surface area contributed by atoms with Gasteiger partial charge in [-0.15, -0.1) is 10.2 Å². The minimum atomic E-state index is -4.74. The van der Waals surface area contributed by atoms with Gasteiger partial charge in [0, 0.05) is 38.6 Å². The Bertz CT molecular complexity index is 1290. The zero-order chi connectivity index (χ0) is 27.6. The van der Waals surface area contributed by atoms with Gasteiger partial charge in [0.1, 0.15) is 54.2 Å². The van der Waals surface area contributed by atoms with E-state index in [1.807, 2.05) is 0 Å². The van der Waals surface area contributed by atoms with Gasteiger partial charge in [-0.25, -0.2) is 0 Å². The average molecular weight is 539 g/mol. The fourth-order valence-electron chi connectivity index (χ4n) is 2.75. The summed E-state index contributed by atoms with van der Waals surface area (Å²) in [6.45, 7) is 3.54. The maximum Gasteiger partial charge on any atom is 0.302 e. The van der Waals surface area contributed by atoms with Crippen molar-refractivity contribution in [3.8, 4) is 11.5 Å². The van der Waals surface area contributed by atoms with Crippen LogP contribution >= 0.6 is 0 Å². The highest BCUT2D eigenvalue weighted by molar-refractivity contribution is 7.86. The highest BCUT2D eigenvalue weighted by Crippen LogP contribution is 2.38. The number of amides is 1. The fourth-order valence-corrected chi connectivity index (χ4v) is 3.40. The molecule has 0 radical (unpaired) electrons. The normalized spacial score (nSPS) is 11.1. The van der Waals surface area contributed by atoms with Gasteiger partial charge < -0.3 is 30.0 Å². The Labute approximate surface area is 212 Å². The first-order chi connectivity index (χ1) is 17.4. The quantitative estimate of drug-likeness (QED) is 0.118. The van der Waals surface area contributed by atoms with E-state index < -0.39 is 32.9 Å². The first-order valence-corrected chi connectivity index (χ1v) is 12.1. The van der Waals surface area contributed by atoms with Gasteiger partial charge in [0.25, 0.3) is 10.1 Å². The third-order valence-corrected chi connectivity index (χ3v) is 5.09. The van der Waals surface area contributed by atoms with E-state index in [-0.39, 0.29) is 60.7 Å². The molecule has 0 spiro atoms. The molecule has 4 N–H and O–H groups in total. The van der Waals surface area contributed by atoms with E-state index in [4.69, 9.17) is 24.7 Å². The number of rotatable bonds is 12. The molecule has 0 fully saturated rings. The van der Waals surface area contributed by atoms with Crippen molar-refractivity contribution in [2.45, 2.75) is 25.7 Å².